The first-order valence-corrected chi connectivity index (χ1v) is 2.56. The van der Waals surface area contributed by atoms with Gasteiger partial charge in [-0.1, -0.05) is 29.7 Å². The van der Waals surface area contributed by atoms with Gasteiger partial charge < -0.3 is 0 Å². The predicted octanol–water partition coefficient (Wildman–Crippen LogP) is 0.293. The Morgan fingerprint density at radius 2 is 2.00 bits per heavy atom. The van der Waals surface area contributed by atoms with Crippen molar-refractivity contribution in [1.29, 1.82) is 0 Å². The van der Waals surface area contributed by atoms with Gasteiger partial charge >= 0.3 is 0 Å². The molecule has 2 heteroatoms. The summed E-state index contributed by atoms with van der Waals surface area (Å²) in [6.45, 7) is 0. The molecule has 1 nitrogen and oxygen atoms in total. The van der Waals surface area contributed by atoms with Crippen LogP contribution in [-0.4, -0.2) is 14.1 Å². The van der Waals surface area contributed by atoms with Crippen molar-refractivity contribution < 1.29 is 6.17 Å². The molecule has 0 aliphatic rings. The summed E-state index contributed by atoms with van der Waals surface area (Å²) in [4.78, 5) is 10.4. The summed E-state index contributed by atoms with van der Waals surface area (Å²) in [6, 6.07) is 6.26. The van der Waals surface area contributed by atoms with Crippen molar-refractivity contribution in [2.45, 2.75) is 0 Å². The van der Waals surface area contributed by atoms with E-state index >= 15 is 0 Å². The summed E-state index contributed by atoms with van der Waals surface area (Å²) >= 11 is 0. The van der Waals surface area contributed by atoms with Gasteiger partial charge in [-0.3, -0.25) is 4.79 Å². The highest BCUT2D eigenvalue weighted by atomic mass is 16.1. The molecule has 0 aliphatic heterocycles. The largest absolute Gasteiger partial charge is 0.298 e. The fourth-order valence-electron chi connectivity index (χ4n) is 0.551. The van der Waals surface area contributed by atoms with Gasteiger partial charge in [0.1, 0.15) is 15.5 Å². The van der Waals surface area contributed by atoms with Crippen LogP contribution in [-0.2, 0) is 0 Å². The maximum absolute atomic E-state index is 10.4. The first kappa shape index (κ1) is 4.80. The van der Waals surface area contributed by atoms with Gasteiger partial charge in [-0.15, -0.1) is 0 Å². The highest BCUT2D eigenvalue weighted by molar-refractivity contribution is 6.32. The fourth-order valence-corrected chi connectivity index (χ4v) is 0.551. The van der Waals surface area contributed by atoms with Crippen molar-refractivity contribution in [3.05, 3.63) is 29.8 Å². The molecular formula is C7H5BO. The molecule has 9 heavy (non-hydrogen) atoms. The van der Waals surface area contributed by atoms with Crippen molar-refractivity contribution in [1.82, 2.24) is 0 Å². The Morgan fingerprint density at radius 3 is 2.44 bits per heavy atom. The van der Waals surface area contributed by atoms with E-state index in [1.54, 1.807) is 12.1 Å². The molecule has 0 amide bonds. The minimum Gasteiger partial charge on any atom is -0.298 e. The molecule has 0 fully saturated rings. The fraction of sp³-hybridized carbons (Fsp3) is 0. The van der Waals surface area contributed by atoms with E-state index in [4.69, 9.17) is 9.22 Å². The molecule has 0 aliphatic carbocycles. The van der Waals surface area contributed by atoms with Crippen LogP contribution >= 0.6 is 0 Å². The van der Waals surface area contributed by atoms with E-state index in [2.05, 4.69) is 0 Å². The maximum atomic E-state index is 10.4. The average Bonchev–Trinajstić information content (AvgIpc) is 1.88. The van der Waals surface area contributed by atoms with Gasteiger partial charge in [-0.2, -0.15) is 0 Å². The van der Waals surface area contributed by atoms with Crippen molar-refractivity contribution in [3.8, 4) is 0 Å². The van der Waals surface area contributed by atoms with Crippen molar-refractivity contribution in [2.24, 2.45) is 0 Å². The third-order valence-electron chi connectivity index (χ3n) is 1.03. The topological polar surface area (TPSA) is 17.1 Å². The van der Waals surface area contributed by atoms with Gasteiger partial charge in [0.25, 0.3) is 0 Å². The Bertz CT molecular complexity index is 242. The summed E-state index contributed by atoms with van der Waals surface area (Å²) in [6.07, 6.45) is -0.681. The molecule has 2 radical (unpaired) electrons. The van der Waals surface area contributed by atoms with Gasteiger partial charge in [0.05, 0.1) is 0 Å². The zero-order chi connectivity index (χ0) is 7.56. The van der Waals surface area contributed by atoms with Crippen LogP contribution in [0.25, 0.3) is 0 Å². The molecule has 42 valence electrons. The monoisotopic (exact) mass is 117 g/mol. The first-order valence-electron chi connectivity index (χ1n) is 3.06. The van der Waals surface area contributed by atoms with Crippen molar-refractivity contribution >= 4 is 19.6 Å². The molecule has 0 saturated carbocycles. The average molecular weight is 117 g/mol. The molecular weight excluding hydrogens is 111 g/mol. The molecule has 0 bridgehead atoms. The van der Waals surface area contributed by atoms with Crippen molar-refractivity contribution in [3.63, 3.8) is 0 Å². The first-order chi connectivity index (χ1) is 4.70. The second-order valence-electron chi connectivity index (χ2n) is 1.72. The number of rotatable bonds is 1. The standard InChI is InChI=1S/C7H5BO/c8-7-3-1-6(5-9)2-4-7/h1-5H/i5D. The number of hydrogen-bond acceptors (Lipinski definition) is 1. The lowest BCUT2D eigenvalue weighted by molar-refractivity contribution is 0.112. The Morgan fingerprint density at radius 1 is 1.44 bits per heavy atom. The molecule has 0 spiro atoms. The SMILES string of the molecule is [2H]C(=O)c1ccc([B])cc1. The molecule has 0 heterocycles. The molecule has 0 N–H and O–H groups in total. The molecule has 0 atom stereocenters. The van der Waals surface area contributed by atoms with Crippen LogP contribution in [0.5, 0.6) is 0 Å². The maximum Gasteiger partial charge on any atom is 0.150 e. The second-order valence-corrected chi connectivity index (χ2v) is 1.72. The summed E-state index contributed by atoms with van der Waals surface area (Å²) < 4.78 is 6.71. The number of benzene rings is 1. The number of hydrogen-bond donors (Lipinski definition) is 0. The van der Waals surface area contributed by atoms with Gasteiger partial charge in [-0.05, 0) is 0 Å². The summed E-state index contributed by atoms with van der Waals surface area (Å²) in [5.74, 6) is 0. The minimum absolute atomic E-state index is 0.370. The summed E-state index contributed by atoms with van der Waals surface area (Å²) in [7, 11) is 5.35. The Balaban J connectivity index is 3.00. The molecule has 0 saturated heterocycles. The van der Waals surface area contributed by atoms with Gasteiger partial charge in [0.2, 0.25) is 0 Å². The highest BCUT2D eigenvalue weighted by Crippen LogP contribution is 1.89. The highest BCUT2D eigenvalue weighted by Gasteiger charge is 1.84. The van der Waals surface area contributed by atoms with Gasteiger partial charge in [0, 0.05) is 5.56 Å². The number of carbonyl (C=O) groups is 1. The molecule has 0 aromatic heterocycles. The van der Waals surface area contributed by atoms with E-state index in [0.717, 1.165) is 0 Å². The predicted molar refractivity (Wildman–Crippen MR) is 37.2 cm³/mol. The quantitative estimate of drug-likeness (QED) is 0.381. The van der Waals surface area contributed by atoms with Crippen LogP contribution in [0.4, 0.5) is 0 Å². The molecule has 1 aromatic carbocycles. The third kappa shape index (κ3) is 1.42. The Kier molecular flexibility index (Phi) is 1.33. The third-order valence-corrected chi connectivity index (χ3v) is 1.03. The number of aldehydes is 1. The van der Waals surface area contributed by atoms with Gasteiger partial charge in [0.15, 0.2) is 0 Å². The molecule has 0 unspecified atom stereocenters. The number of carbonyl (C=O) groups excluding carboxylic acids is 1. The van der Waals surface area contributed by atoms with E-state index in [-0.39, 0.29) is 0 Å². The zero-order valence-corrected chi connectivity index (χ0v) is 4.79. The molecule has 1 rings (SSSR count). The van der Waals surface area contributed by atoms with E-state index in [9.17, 15) is 4.79 Å². The lowest BCUT2D eigenvalue weighted by Crippen LogP contribution is -1.99. The van der Waals surface area contributed by atoms with Crippen LogP contribution in [0.15, 0.2) is 24.3 Å². The summed E-state index contributed by atoms with van der Waals surface area (Å²) in [5, 5.41) is 0. The molecule has 1 aromatic rings. The normalized spacial score (nSPS) is 10.4. The van der Waals surface area contributed by atoms with E-state index in [0.29, 0.717) is 11.0 Å². The smallest absolute Gasteiger partial charge is 0.150 e. The van der Waals surface area contributed by atoms with Crippen LogP contribution in [0.1, 0.15) is 11.7 Å². The Hall–Kier alpha value is -1.05. The second kappa shape index (κ2) is 2.49. The Labute approximate surface area is 56.5 Å². The van der Waals surface area contributed by atoms with Gasteiger partial charge in [-0.25, -0.2) is 0 Å². The van der Waals surface area contributed by atoms with E-state index in [1.807, 2.05) is 0 Å². The minimum atomic E-state index is -0.681. The zero-order valence-electron chi connectivity index (χ0n) is 5.79. The van der Waals surface area contributed by atoms with E-state index in [1.165, 1.54) is 12.1 Å². The lowest BCUT2D eigenvalue weighted by Gasteiger charge is -1.89. The van der Waals surface area contributed by atoms with Crippen LogP contribution < -0.4 is 5.46 Å². The summed E-state index contributed by atoms with van der Waals surface area (Å²) in [5.41, 5.74) is 0.971. The lowest BCUT2D eigenvalue weighted by atomic mass is 9.96. The van der Waals surface area contributed by atoms with E-state index < -0.39 is 6.26 Å². The van der Waals surface area contributed by atoms with Crippen molar-refractivity contribution in [2.75, 3.05) is 0 Å². The van der Waals surface area contributed by atoms with Crippen LogP contribution in [0.3, 0.4) is 0 Å². The van der Waals surface area contributed by atoms with Crippen LogP contribution in [0.2, 0.25) is 0 Å². The van der Waals surface area contributed by atoms with Crippen LogP contribution in [0, 0.1) is 0 Å².